The van der Waals surface area contributed by atoms with Crippen molar-refractivity contribution < 1.29 is 17.6 Å². The molecule has 0 bridgehead atoms. The van der Waals surface area contributed by atoms with Crippen molar-refractivity contribution in [2.75, 3.05) is 0 Å². The summed E-state index contributed by atoms with van der Waals surface area (Å²) < 4.78 is 44.2. The van der Waals surface area contributed by atoms with E-state index in [2.05, 4.69) is 5.10 Å². The molecule has 0 spiro atoms. The summed E-state index contributed by atoms with van der Waals surface area (Å²) in [5.41, 5.74) is 5.16. The van der Waals surface area contributed by atoms with E-state index in [4.69, 9.17) is 10.2 Å². The van der Waals surface area contributed by atoms with E-state index in [1.165, 1.54) is 10.9 Å². The Morgan fingerprint density at radius 1 is 1.47 bits per heavy atom. The molecule has 7 heteroatoms. The third-order valence-electron chi connectivity index (χ3n) is 2.93. The standard InChI is InChI=1S/C12H14F3N3O/c1-2-9(16)11(10-4-3-5-19-10)18-7-8(6-17-18)12(13,14)15/h3-7,9,11H,2,16H2,1H3. The van der Waals surface area contributed by atoms with Gasteiger partial charge in [0.15, 0.2) is 0 Å². The van der Waals surface area contributed by atoms with Gasteiger partial charge in [0.05, 0.1) is 18.0 Å². The lowest BCUT2D eigenvalue weighted by Gasteiger charge is -2.21. The number of rotatable bonds is 4. The van der Waals surface area contributed by atoms with Crippen LogP contribution < -0.4 is 5.73 Å². The first-order chi connectivity index (χ1) is 8.93. The van der Waals surface area contributed by atoms with Crippen LogP contribution >= 0.6 is 0 Å². The van der Waals surface area contributed by atoms with Crippen molar-refractivity contribution in [1.29, 1.82) is 0 Å². The van der Waals surface area contributed by atoms with E-state index in [0.29, 0.717) is 12.2 Å². The van der Waals surface area contributed by atoms with Crippen LogP contribution in [0, 0.1) is 0 Å². The first-order valence-electron chi connectivity index (χ1n) is 5.83. The molecule has 0 amide bonds. The Bertz CT molecular complexity index is 519. The van der Waals surface area contributed by atoms with E-state index in [1.807, 2.05) is 6.92 Å². The van der Waals surface area contributed by atoms with Gasteiger partial charge in [0.25, 0.3) is 0 Å². The van der Waals surface area contributed by atoms with Crippen LogP contribution in [0.1, 0.15) is 30.7 Å². The van der Waals surface area contributed by atoms with Gasteiger partial charge in [-0.1, -0.05) is 6.92 Å². The van der Waals surface area contributed by atoms with Gasteiger partial charge >= 0.3 is 6.18 Å². The molecule has 2 unspecified atom stereocenters. The average Bonchev–Trinajstić information content (AvgIpc) is 2.99. The molecule has 0 saturated heterocycles. The van der Waals surface area contributed by atoms with Crippen LogP contribution in [0.3, 0.4) is 0 Å². The molecular weight excluding hydrogens is 259 g/mol. The fourth-order valence-electron chi connectivity index (χ4n) is 1.86. The maximum absolute atomic E-state index is 12.6. The summed E-state index contributed by atoms with van der Waals surface area (Å²) in [6.07, 6.45) is -0.630. The molecule has 2 atom stereocenters. The molecule has 0 aliphatic rings. The molecule has 2 aromatic rings. The van der Waals surface area contributed by atoms with E-state index in [9.17, 15) is 13.2 Å². The summed E-state index contributed by atoms with van der Waals surface area (Å²) >= 11 is 0. The zero-order valence-corrected chi connectivity index (χ0v) is 10.3. The molecule has 2 aromatic heterocycles. The van der Waals surface area contributed by atoms with Gasteiger partial charge in [0, 0.05) is 12.2 Å². The lowest BCUT2D eigenvalue weighted by molar-refractivity contribution is -0.137. The number of hydrogen-bond acceptors (Lipinski definition) is 3. The largest absolute Gasteiger partial charge is 0.467 e. The second kappa shape index (κ2) is 5.08. The average molecular weight is 273 g/mol. The number of aromatic nitrogens is 2. The highest BCUT2D eigenvalue weighted by molar-refractivity contribution is 5.14. The number of halogens is 3. The molecule has 0 aliphatic carbocycles. The number of alkyl halides is 3. The molecule has 0 radical (unpaired) electrons. The van der Waals surface area contributed by atoms with Gasteiger partial charge in [0.1, 0.15) is 11.8 Å². The van der Waals surface area contributed by atoms with Gasteiger partial charge in [-0.05, 0) is 18.6 Å². The summed E-state index contributed by atoms with van der Waals surface area (Å²) in [7, 11) is 0. The zero-order valence-electron chi connectivity index (χ0n) is 10.3. The third kappa shape index (κ3) is 2.81. The minimum absolute atomic E-state index is 0.382. The molecule has 2 N–H and O–H groups in total. The third-order valence-corrected chi connectivity index (χ3v) is 2.93. The van der Waals surface area contributed by atoms with Crippen molar-refractivity contribution in [3.8, 4) is 0 Å². The van der Waals surface area contributed by atoms with Crippen molar-refractivity contribution >= 4 is 0 Å². The number of furan rings is 1. The minimum atomic E-state index is -4.41. The van der Waals surface area contributed by atoms with E-state index in [0.717, 1.165) is 12.4 Å². The van der Waals surface area contributed by atoms with E-state index in [-0.39, 0.29) is 6.04 Å². The molecule has 19 heavy (non-hydrogen) atoms. The fourth-order valence-corrected chi connectivity index (χ4v) is 1.86. The topological polar surface area (TPSA) is 57.0 Å². The van der Waals surface area contributed by atoms with E-state index < -0.39 is 17.8 Å². The maximum atomic E-state index is 12.6. The van der Waals surface area contributed by atoms with Gasteiger partial charge in [-0.15, -0.1) is 0 Å². The van der Waals surface area contributed by atoms with E-state index >= 15 is 0 Å². The summed E-state index contributed by atoms with van der Waals surface area (Å²) in [4.78, 5) is 0. The Labute approximate surface area is 108 Å². The van der Waals surface area contributed by atoms with E-state index in [1.54, 1.807) is 12.1 Å². The Morgan fingerprint density at radius 3 is 2.68 bits per heavy atom. The Balaban J connectivity index is 2.37. The quantitative estimate of drug-likeness (QED) is 0.931. The smallest absolute Gasteiger partial charge is 0.419 e. The Kier molecular flexibility index (Phi) is 3.66. The van der Waals surface area contributed by atoms with Crippen molar-refractivity contribution in [3.05, 3.63) is 42.1 Å². The van der Waals surface area contributed by atoms with Gasteiger partial charge < -0.3 is 10.2 Å². The first kappa shape index (κ1) is 13.7. The normalized spacial score (nSPS) is 15.4. The summed E-state index contributed by atoms with van der Waals surface area (Å²) in [6.45, 7) is 1.86. The van der Waals surface area contributed by atoms with Crippen LogP contribution in [0.2, 0.25) is 0 Å². The van der Waals surface area contributed by atoms with Gasteiger partial charge in [-0.25, -0.2) is 0 Å². The summed E-state index contributed by atoms with van der Waals surface area (Å²) in [5, 5.41) is 3.76. The highest BCUT2D eigenvalue weighted by Gasteiger charge is 2.34. The highest BCUT2D eigenvalue weighted by atomic mass is 19.4. The van der Waals surface area contributed by atoms with Crippen LogP contribution in [0.4, 0.5) is 13.2 Å². The number of nitrogens with zero attached hydrogens (tertiary/aromatic N) is 2. The molecule has 0 saturated carbocycles. The zero-order chi connectivity index (χ0) is 14.0. The predicted molar refractivity (Wildman–Crippen MR) is 62.3 cm³/mol. The van der Waals surface area contributed by atoms with Gasteiger partial charge in [-0.3, -0.25) is 4.68 Å². The highest BCUT2D eigenvalue weighted by Crippen LogP contribution is 2.31. The molecule has 0 aliphatic heterocycles. The fraction of sp³-hybridized carbons (Fsp3) is 0.417. The Morgan fingerprint density at radius 2 is 2.21 bits per heavy atom. The second-order valence-electron chi connectivity index (χ2n) is 4.24. The van der Waals surface area contributed by atoms with Crippen molar-refractivity contribution in [2.45, 2.75) is 31.6 Å². The van der Waals surface area contributed by atoms with Crippen LogP contribution in [0.25, 0.3) is 0 Å². The molecule has 0 fully saturated rings. The SMILES string of the molecule is CCC(N)C(c1ccco1)n1cc(C(F)(F)F)cn1. The molecule has 2 rings (SSSR count). The molecule has 0 aromatic carbocycles. The minimum Gasteiger partial charge on any atom is -0.467 e. The molecule has 2 heterocycles. The van der Waals surface area contributed by atoms with Crippen LogP contribution in [0.15, 0.2) is 35.2 Å². The van der Waals surface area contributed by atoms with Crippen LogP contribution in [0.5, 0.6) is 0 Å². The lowest BCUT2D eigenvalue weighted by atomic mass is 10.0. The maximum Gasteiger partial charge on any atom is 0.419 e. The Hall–Kier alpha value is -1.76. The number of hydrogen-bond donors (Lipinski definition) is 1. The monoisotopic (exact) mass is 273 g/mol. The van der Waals surface area contributed by atoms with Crippen molar-refractivity contribution in [2.24, 2.45) is 5.73 Å². The van der Waals surface area contributed by atoms with Crippen LogP contribution in [-0.4, -0.2) is 15.8 Å². The second-order valence-corrected chi connectivity index (χ2v) is 4.24. The van der Waals surface area contributed by atoms with Crippen molar-refractivity contribution in [3.63, 3.8) is 0 Å². The van der Waals surface area contributed by atoms with Gasteiger partial charge in [0.2, 0.25) is 0 Å². The predicted octanol–water partition coefficient (Wildman–Crippen LogP) is 2.82. The van der Waals surface area contributed by atoms with Crippen molar-refractivity contribution in [1.82, 2.24) is 9.78 Å². The lowest BCUT2D eigenvalue weighted by Crippen LogP contribution is -2.32. The van der Waals surface area contributed by atoms with Gasteiger partial charge in [-0.2, -0.15) is 18.3 Å². The van der Waals surface area contributed by atoms with Crippen LogP contribution in [-0.2, 0) is 6.18 Å². The summed E-state index contributed by atoms with van der Waals surface area (Å²) in [5.74, 6) is 0.492. The first-order valence-corrected chi connectivity index (χ1v) is 5.83. The molecular formula is C12H14F3N3O. The molecule has 104 valence electrons. The number of nitrogens with two attached hydrogens (primary N) is 1. The molecule has 4 nitrogen and oxygen atoms in total. The summed E-state index contributed by atoms with van der Waals surface area (Å²) in [6, 6.07) is 2.41.